The number of benzene rings is 2. The van der Waals surface area contributed by atoms with Crippen LogP contribution in [0.25, 0.3) is 11.1 Å². The molecule has 0 aromatic heterocycles. The third-order valence-electron chi connectivity index (χ3n) is 7.02. The number of carboxylic acid groups (broad SMARTS) is 1. The van der Waals surface area contributed by atoms with E-state index < -0.39 is 18.1 Å². The molecule has 1 saturated heterocycles. The molecule has 3 aliphatic rings. The van der Waals surface area contributed by atoms with Gasteiger partial charge in [-0.25, -0.2) is 9.59 Å². The van der Waals surface area contributed by atoms with Crippen LogP contribution in [0.3, 0.4) is 0 Å². The molecule has 1 saturated carbocycles. The molecular weight excluding hydrogens is 366 g/mol. The SMILES string of the molecule is O=C(O)C1C(C2CCC2)CCN1C(=O)OCC1c2ccccc2-c2ccccc21. The van der Waals surface area contributed by atoms with Crippen molar-refractivity contribution in [1.29, 1.82) is 0 Å². The summed E-state index contributed by atoms with van der Waals surface area (Å²) in [7, 11) is 0. The molecule has 5 nitrogen and oxygen atoms in total. The topological polar surface area (TPSA) is 66.8 Å². The van der Waals surface area contributed by atoms with Gasteiger partial charge in [-0.1, -0.05) is 67.8 Å². The second kappa shape index (κ2) is 7.21. The van der Waals surface area contributed by atoms with Crippen molar-refractivity contribution in [2.75, 3.05) is 13.2 Å². The number of aliphatic carboxylic acids is 1. The summed E-state index contributed by atoms with van der Waals surface area (Å²) in [4.78, 5) is 26.2. The van der Waals surface area contributed by atoms with Crippen molar-refractivity contribution < 1.29 is 19.4 Å². The highest BCUT2D eigenvalue weighted by molar-refractivity contribution is 5.82. The molecule has 2 atom stereocenters. The third kappa shape index (κ3) is 3.00. The fourth-order valence-corrected chi connectivity index (χ4v) is 5.38. The zero-order valence-electron chi connectivity index (χ0n) is 16.3. The molecular formula is C24H25NO4. The van der Waals surface area contributed by atoms with Crippen LogP contribution in [0.15, 0.2) is 48.5 Å². The molecule has 1 aliphatic heterocycles. The summed E-state index contributed by atoms with van der Waals surface area (Å²) in [5.74, 6) is -0.434. The first kappa shape index (κ1) is 18.2. The number of nitrogens with zero attached hydrogens (tertiary/aromatic N) is 1. The zero-order chi connectivity index (χ0) is 20.0. The number of fused-ring (bicyclic) bond motifs is 3. The van der Waals surface area contributed by atoms with Gasteiger partial charge in [-0.2, -0.15) is 0 Å². The van der Waals surface area contributed by atoms with E-state index in [-0.39, 0.29) is 18.4 Å². The van der Waals surface area contributed by atoms with Crippen molar-refractivity contribution >= 4 is 12.1 Å². The van der Waals surface area contributed by atoms with E-state index in [9.17, 15) is 14.7 Å². The van der Waals surface area contributed by atoms with E-state index in [1.54, 1.807) is 0 Å². The van der Waals surface area contributed by atoms with Gasteiger partial charge in [-0.05, 0) is 40.5 Å². The minimum atomic E-state index is -0.909. The molecule has 2 aromatic carbocycles. The zero-order valence-corrected chi connectivity index (χ0v) is 16.3. The smallest absolute Gasteiger partial charge is 0.410 e. The van der Waals surface area contributed by atoms with Gasteiger partial charge in [0.1, 0.15) is 12.6 Å². The lowest BCUT2D eigenvalue weighted by atomic mass is 9.73. The number of carbonyl (C=O) groups excluding carboxylic acids is 1. The van der Waals surface area contributed by atoms with Gasteiger partial charge in [0, 0.05) is 12.5 Å². The summed E-state index contributed by atoms with van der Waals surface area (Å²) in [6.07, 6.45) is 3.57. The van der Waals surface area contributed by atoms with Gasteiger partial charge < -0.3 is 9.84 Å². The molecule has 2 aromatic rings. The molecule has 0 radical (unpaired) electrons. The Balaban J connectivity index is 1.33. The van der Waals surface area contributed by atoms with E-state index in [0.29, 0.717) is 12.5 Å². The van der Waals surface area contributed by atoms with Crippen molar-refractivity contribution in [3.63, 3.8) is 0 Å². The Kier molecular flexibility index (Phi) is 4.53. The second-order valence-corrected chi connectivity index (χ2v) is 8.42. The summed E-state index contributed by atoms with van der Waals surface area (Å²) in [5, 5.41) is 9.76. The Bertz CT molecular complexity index is 906. The lowest BCUT2D eigenvalue weighted by molar-refractivity contribution is -0.144. The van der Waals surface area contributed by atoms with E-state index in [1.807, 2.05) is 24.3 Å². The van der Waals surface area contributed by atoms with E-state index in [2.05, 4.69) is 24.3 Å². The van der Waals surface area contributed by atoms with Crippen LogP contribution in [-0.4, -0.2) is 41.3 Å². The van der Waals surface area contributed by atoms with Gasteiger partial charge >= 0.3 is 12.1 Å². The number of carbonyl (C=O) groups is 2. The Hall–Kier alpha value is -2.82. The molecule has 29 heavy (non-hydrogen) atoms. The van der Waals surface area contributed by atoms with Crippen molar-refractivity contribution in [2.45, 2.75) is 37.6 Å². The molecule has 0 bridgehead atoms. The van der Waals surface area contributed by atoms with Crippen LogP contribution in [0.1, 0.15) is 42.7 Å². The average molecular weight is 391 g/mol. The molecule has 1 amide bonds. The van der Waals surface area contributed by atoms with Crippen LogP contribution < -0.4 is 0 Å². The summed E-state index contributed by atoms with van der Waals surface area (Å²) >= 11 is 0. The van der Waals surface area contributed by atoms with Gasteiger partial charge in [-0.3, -0.25) is 4.90 Å². The lowest BCUT2D eigenvalue weighted by Gasteiger charge is -2.34. The minimum absolute atomic E-state index is 0.0142. The van der Waals surface area contributed by atoms with Crippen molar-refractivity contribution in [2.24, 2.45) is 11.8 Å². The maximum atomic E-state index is 12.9. The van der Waals surface area contributed by atoms with Gasteiger partial charge in [0.25, 0.3) is 0 Å². The van der Waals surface area contributed by atoms with Crippen molar-refractivity contribution in [1.82, 2.24) is 4.90 Å². The van der Waals surface area contributed by atoms with Crippen LogP contribution in [0.5, 0.6) is 0 Å². The number of hydrogen-bond donors (Lipinski definition) is 1. The number of rotatable bonds is 4. The summed E-state index contributed by atoms with van der Waals surface area (Å²) < 4.78 is 5.71. The van der Waals surface area contributed by atoms with Gasteiger partial charge in [0.15, 0.2) is 0 Å². The van der Waals surface area contributed by atoms with Crippen LogP contribution in [0.4, 0.5) is 4.79 Å². The van der Waals surface area contributed by atoms with Crippen LogP contribution >= 0.6 is 0 Å². The Morgan fingerprint density at radius 1 is 0.966 bits per heavy atom. The number of hydrogen-bond acceptors (Lipinski definition) is 3. The van der Waals surface area contributed by atoms with E-state index >= 15 is 0 Å². The molecule has 2 unspecified atom stereocenters. The number of amides is 1. The average Bonchev–Trinajstić information content (AvgIpc) is 3.25. The van der Waals surface area contributed by atoms with Gasteiger partial charge in [-0.15, -0.1) is 0 Å². The standard InChI is InChI=1S/C24H25NO4/c26-23(27)22-16(15-6-5-7-15)12-13-25(22)24(28)29-14-21-19-10-3-1-8-17(19)18-9-2-4-11-20(18)21/h1-4,8-11,15-16,21-22H,5-7,12-14H2,(H,26,27). The molecule has 2 fully saturated rings. The fourth-order valence-electron chi connectivity index (χ4n) is 5.38. The molecule has 1 N–H and O–H groups in total. The van der Waals surface area contributed by atoms with Crippen molar-refractivity contribution in [3.05, 3.63) is 59.7 Å². The Labute approximate surface area is 170 Å². The molecule has 150 valence electrons. The normalized spacial score (nSPS) is 23.4. The quantitative estimate of drug-likeness (QED) is 0.833. The van der Waals surface area contributed by atoms with Gasteiger partial charge in [0.05, 0.1) is 0 Å². The summed E-state index contributed by atoms with van der Waals surface area (Å²) in [6.45, 7) is 0.693. The Morgan fingerprint density at radius 3 is 2.14 bits per heavy atom. The number of likely N-dealkylation sites (tertiary alicyclic amines) is 1. The first-order valence-electron chi connectivity index (χ1n) is 10.5. The van der Waals surface area contributed by atoms with E-state index in [1.165, 1.54) is 22.4 Å². The van der Waals surface area contributed by atoms with Crippen LogP contribution in [0, 0.1) is 11.8 Å². The molecule has 2 aliphatic carbocycles. The highest BCUT2D eigenvalue weighted by Gasteiger charge is 2.47. The number of carboxylic acids is 1. The van der Waals surface area contributed by atoms with Crippen LogP contribution in [-0.2, 0) is 9.53 Å². The monoisotopic (exact) mass is 391 g/mol. The highest BCUT2D eigenvalue weighted by Crippen LogP contribution is 2.45. The Morgan fingerprint density at radius 2 is 1.59 bits per heavy atom. The minimum Gasteiger partial charge on any atom is -0.480 e. The summed E-state index contributed by atoms with van der Waals surface area (Å²) in [5.41, 5.74) is 4.67. The maximum absolute atomic E-state index is 12.9. The summed E-state index contributed by atoms with van der Waals surface area (Å²) in [6, 6.07) is 15.6. The van der Waals surface area contributed by atoms with Gasteiger partial charge in [0.2, 0.25) is 0 Å². The van der Waals surface area contributed by atoms with Crippen molar-refractivity contribution in [3.8, 4) is 11.1 Å². The van der Waals surface area contributed by atoms with E-state index in [4.69, 9.17) is 4.74 Å². The number of ether oxygens (including phenoxy) is 1. The predicted octanol–water partition coefficient (Wildman–Crippen LogP) is 4.51. The molecule has 5 rings (SSSR count). The maximum Gasteiger partial charge on any atom is 0.410 e. The molecule has 0 spiro atoms. The third-order valence-corrected chi connectivity index (χ3v) is 7.02. The first-order valence-corrected chi connectivity index (χ1v) is 10.5. The largest absolute Gasteiger partial charge is 0.480 e. The first-order chi connectivity index (χ1) is 14.1. The second-order valence-electron chi connectivity index (χ2n) is 8.42. The van der Waals surface area contributed by atoms with E-state index in [0.717, 1.165) is 30.4 Å². The predicted molar refractivity (Wildman–Crippen MR) is 109 cm³/mol. The lowest BCUT2D eigenvalue weighted by Crippen LogP contribution is -2.46. The van der Waals surface area contributed by atoms with Crippen LogP contribution in [0.2, 0.25) is 0 Å². The fraction of sp³-hybridized carbons (Fsp3) is 0.417. The molecule has 1 heterocycles. The molecule has 5 heteroatoms. The highest BCUT2D eigenvalue weighted by atomic mass is 16.6.